The minimum atomic E-state index is -1.42. The Kier molecular flexibility index (Phi) is 28.1. The van der Waals surface area contributed by atoms with Gasteiger partial charge in [0.1, 0.15) is 47.2 Å². The number of methoxy groups -OCH3 is 3. The van der Waals surface area contributed by atoms with Crippen LogP contribution < -0.4 is 100 Å². The van der Waals surface area contributed by atoms with E-state index >= 15 is 0 Å². The fourth-order valence-corrected chi connectivity index (χ4v) is 10.1. The number of nitrogens with one attached hydrogen (secondary N) is 15. The predicted molar refractivity (Wildman–Crippen MR) is 367 cm³/mol. The Balaban J connectivity index is 1.23. The van der Waals surface area contributed by atoms with Crippen LogP contribution in [0, 0.1) is 16.2 Å². The third-order valence-corrected chi connectivity index (χ3v) is 14.9. The number of hydrogen-bond donors (Lipinski definition) is 20. The van der Waals surface area contributed by atoms with E-state index in [-0.39, 0.29) is 150 Å². The maximum atomic E-state index is 14.6. The largest absolute Gasteiger partial charge is 0.496 e. The molecular weight excluding hydrogens is 1290 g/mol. The van der Waals surface area contributed by atoms with Crippen LogP contribution in [0.2, 0.25) is 0 Å². The van der Waals surface area contributed by atoms with Crippen molar-refractivity contribution in [1.29, 1.82) is 16.2 Å². The van der Waals surface area contributed by atoms with Gasteiger partial charge in [-0.05, 0) is 136 Å². The molecule has 99 heavy (non-hydrogen) atoms. The first-order chi connectivity index (χ1) is 47.3. The number of aryl methyl sites for hydroxylation is 1. The molecule has 0 saturated heterocycles. The monoisotopic (exact) mass is 1370 g/mol. The average molecular weight is 1370 g/mol. The molecule has 0 bridgehead atoms. The Bertz CT molecular complexity index is 3990. The molecule has 0 aliphatic heterocycles. The van der Waals surface area contributed by atoms with Crippen molar-refractivity contribution in [3.63, 3.8) is 0 Å². The lowest BCUT2D eigenvalue weighted by Crippen LogP contribution is -2.45. The van der Waals surface area contributed by atoms with Crippen LogP contribution in [0.1, 0.15) is 98.9 Å². The highest BCUT2D eigenvalue weighted by Crippen LogP contribution is 2.29. The van der Waals surface area contributed by atoms with E-state index < -0.39 is 89.9 Å². The van der Waals surface area contributed by atoms with Crippen LogP contribution in [-0.4, -0.2) is 159 Å². The second kappa shape index (κ2) is 36.9. The van der Waals surface area contributed by atoms with Crippen LogP contribution in [0.25, 0.3) is 10.9 Å². The smallest absolute Gasteiger partial charge is 0.341 e. The summed E-state index contributed by atoms with van der Waals surface area (Å²) in [4.78, 5) is 139. The maximum Gasteiger partial charge on any atom is 0.341 e. The number of ether oxygens (including phenoxy) is 4. The number of carboxylic acids is 1. The van der Waals surface area contributed by atoms with Crippen LogP contribution in [0.5, 0.6) is 23.0 Å². The van der Waals surface area contributed by atoms with Gasteiger partial charge in [0.15, 0.2) is 24.5 Å². The SMILES string of the molecule is COc1ccc(NC(=O)[C@H](CCCNC(=N)N)NC(=O)c2cc(NC(=O)[C@H](CCCNC(=N)N)NC(=O)c3cc(NC(=O)[C@H](CCCNC(=N)N)NC(=O)c4cc(NC(C)=O)ccc4OC)ccc3OC)ccc2OCC(=O)O)cc1C(=O)N[C@@H](CCc1c[nH]c2ccccc12)C(N)=O. The van der Waals surface area contributed by atoms with Gasteiger partial charge in [0.05, 0.1) is 43.6 Å². The van der Waals surface area contributed by atoms with Crippen LogP contribution in [0.4, 0.5) is 22.7 Å². The Morgan fingerprint density at radius 2 is 0.828 bits per heavy atom. The van der Waals surface area contributed by atoms with E-state index in [2.05, 4.69) is 63.5 Å². The summed E-state index contributed by atoms with van der Waals surface area (Å²) in [5, 5.41) is 62.5. The number of fused-ring (bicyclic) bond motifs is 1. The van der Waals surface area contributed by atoms with Crippen LogP contribution in [-0.2, 0) is 35.2 Å². The molecule has 526 valence electrons. The lowest BCUT2D eigenvalue weighted by Gasteiger charge is -2.22. The van der Waals surface area contributed by atoms with Crippen molar-refractivity contribution in [2.45, 2.75) is 82.5 Å². The molecule has 0 saturated carbocycles. The summed E-state index contributed by atoms with van der Waals surface area (Å²) in [6, 6.07) is 18.4. The maximum absolute atomic E-state index is 14.6. The van der Waals surface area contributed by atoms with E-state index in [4.69, 9.17) is 58.1 Å². The highest BCUT2D eigenvalue weighted by atomic mass is 16.5. The summed E-state index contributed by atoms with van der Waals surface area (Å²) >= 11 is 0. The molecule has 9 amide bonds. The second-order valence-corrected chi connectivity index (χ2v) is 22.1. The normalized spacial score (nSPS) is 11.9. The minimum Gasteiger partial charge on any atom is -0.496 e. The van der Waals surface area contributed by atoms with Gasteiger partial charge < -0.3 is 110 Å². The number of benzene rings is 5. The van der Waals surface area contributed by atoms with Gasteiger partial charge in [0, 0.05) is 66.4 Å². The van der Waals surface area contributed by atoms with E-state index in [9.17, 15) is 53.1 Å². The van der Waals surface area contributed by atoms with Crippen molar-refractivity contribution in [3.8, 4) is 23.0 Å². The highest BCUT2D eigenvalue weighted by molar-refractivity contribution is 6.08. The van der Waals surface area contributed by atoms with Crippen molar-refractivity contribution in [1.82, 2.24) is 42.2 Å². The first-order valence-corrected chi connectivity index (χ1v) is 30.8. The summed E-state index contributed by atoms with van der Waals surface area (Å²) in [5.74, 6) is -9.70. The predicted octanol–water partition coefficient (Wildman–Crippen LogP) is 1.83. The molecule has 1 heterocycles. The highest BCUT2D eigenvalue weighted by Gasteiger charge is 2.30. The minimum absolute atomic E-state index is 0.00216. The first kappa shape index (κ1) is 75.4. The molecule has 0 aliphatic rings. The van der Waals surface area contributed by atoms with Crippen LogP contribution >= 0.6 is 0 Å². The molecule has 5 aromatic carbocycles. The van der Waals surface area contributed by atoms with Gasteiger partial charge >= 0.3 is 5.97 Å². The number of para-hydroxylation sites is 1. The summed E-state index contributed by atoms with van der Waals surface area (Å²) in [5.41, 5.74) is 23.6. The third-order valence-electron chi connectivity index (χ3n) is 14.9. The number of rotatable bonds is 37. The molecule has 34 nitrogen and oxygen atoms in total. The van der Waals surface area contributed by atoms with E-state index in [1.165, 1.54) is 95.0 Å². The number of aromatic amines is 1. The number of amides is 9. The lowest BCUT2D eigenvalue weighted by molar-refractivity contribution is -0.139. The average Bonchev–Trinajstić information content (AvgIpc) is 0.871. The van der Waals surface area contributed by atoms with Crippen molar-refractivity contribution in [2.75, 3.05) is 68.8 Å². The van der Waals surface area contributed by atoms with Crippen LogP contribution in [0.15, 0.2) is 103 Å². The van der Waals surface area contributed by atoms with Crippen molar-refractivity contribution >= 4 is 111 Å². The molecule has 6 rings (SSSR count). The number of aliphatic carboxylic acids is 1. The van der Waals surface area contributed by atoms with Crippen molar-refractivity contribution in [2.24, 2.45) is 22.9 Å². The summed E-state index contributed by atoms with van der Waals surface area (Å²) in [7, 11) is 3.91. The fourth-order valence-electron chi connectivity index (χ4n) is 10.1. The number of aromatic nitrogens is 1. The summed E-state index contributed by atoms with van der Waals surface area (Å²) in [6.07, 6.45) is 2.55. The number of H-pyrrole nitrogens is 1. The zero-order chi connectivity index (χ0) is 72.3. The molecular formula is C65H81N19O15. The molecule has 1 aromatic heterocycles. The summed E-state index contributed by atoms with van der Waals surface area (Å²) < 4.78 is 21.9. The standard InChI is InChI=1S/C65H81N19O15/c1-34(85)77-36-16-21-50(96-2)41(28-36)57(90)82-47(12-7-25-73-63(67)68)60(93)79-38-18-23-52(98-4)43(30-38)58(91)83-48(13-8-26-74-64(69)70)61(94)80-39-19-24-53(99-33-54(86)87)44(31-39)59(92)84-49(14-9-27-75-65(71)72)62(95)78-37-17-22-51(97-3)42(29-37)56(89)81-46(55(66)88)20-15-35-32-76-45-11-6-5-10-40(35)45/h5-6,10-11,16-19,21-24,28-32,46-49,76H,7-9,12-15,20,25-27,33H2,1-4H3,(H2,66,88)(H,77,85)(H,78,95)(H,79,93)(H,80,94)(H,81,89)(H,82,90)(H,83,91)(H,84,92)(H,86,87)(H4,67,68,73)(H4,69,70,74)(H4,71,72,75)/t46-,47-,48-,49-/m0/s1. The zero-order valence-electron chi connectivity index (χ0n) is 54.6. The van der Waals surface area contributed by atoms with E-state index in [0.717, 1.165) is 22.5 Å². The molecule has 24 N–H and O–H groups in total. The Morgan fingerprint density at radius 1 is 0.475 bits per heavy atom. The molecule has 34 heteroatoms. The van der Waals surface area contributed by atoms with E-state index in [0.29, 0.717) is 6.42 Å². The molecule has 0 spiro atoms. The molecule has 0 radical (unpaired) electrons. The fraction of sp³-hybridized carbons (Fsp3) is 0.308. The first-order valence-electron chi connectivity index (χ1n) is 30.8. The number of nitrogens with two attached hydrogens (primary N) is 4. The lowest BCUT2D eigenvalue weighted by atomic mass is 10.0. The second-order valence-electron chi connectivity index (χ2n) is 22.1. The topological polar surface area (TPSA) is 552 Å². The third kappa shape index (κ3) is 23.1. The van der Waals surface area contributed by atoms with Gasteiger partial charge in [-0.3, -0.25) is 59.4 Å². The van der Waals surface area contributed by atoms with Gasteiger partial charge in [0.25, 0.3) is 23.6 Å². The van der Waals surface area contributed by atoms with Crippen molar-refractivity contribution in [3.05, 3.63) is 131 Å². The van der Waals surface area contributed by atoms with Gasteiger partial charge in [-0.1, -0.05) is 18.2 Å². The van der Waals surface area contributed by atoms with Gasteiger partial charge in [-0.2, -0.15) is 0 Å². The number of carbonyl (C=O) groups is 10. The van der Waals surface area contributed by atoms with Crippen molar-refractivity contribution < 1.29 is 72.0 Å². The van der Waals surface area contributed by atoms with E-state index in [1.54, 1.807) is 0 Å². The van der Waals surface area contributed by atoms with Gasteiger partial charge in [-0.25, -0.2) is 4.79 Å². The Hall–Kier alpha value is -12.7. The Morgan fingerprint density at radius 3 is 1.18 bits per heavy atom. The number of carbonyl (C=O) groups excluding carboxylic acids is 9. The van der Waals surface area contributed by atoms with Gasteiger partial charge in [-0.15, -0.1) is 0 Å². The number of carboxylic acid groups (broad SMARTS) is 1. The molecule has 0 aliphatic carbocycles. The van der Waals surface area contributed by atoms with E-state index in [1.807, 2.05) is 30.5 Å². The number of anilines is 4. The number of hydrogen-bond acceptors (Lipinski definition) is 17. The molecule has 6 aromatic rings. The molecule has 0 unspecified atom stereocenters. The Labute approximate surface area is 567 Å². The van der Waals surface area contributed by atoms with Gasteiger partial charge in [0.2, 0.25) is 29.5 Å². The summed E-state index contributed by atoms with van der Waals surface area (Å²) in [6.45, 7) is 0.624. The quantitative estimate of drug-likeness (QED) is 0.0150. The number of guanidine groups is 3. The molecule has 0 fully saturated rings. The molecule has 4 atom stereocenters. The number of primary amides is 1. The zero-order valence-corrected chi connectivity index (χ0v) is 54.6. The van der Waals surface area contributed by atoms with Crippen LogP contribution in [0.3, 0.4) is 0 Å².